The summed E-state index contributed by atoms with van der Waals surface area (Å²) in [5.74, 6) is 0. The van der Waals surface area contributed by atoms with E-state index in [-0.39, 0.29) is 12.0 Å². The number of carbonyl (C=O) groups excluding carboxylic acids is 1. The number of alkyl halides is 3. The molecule has 0 heterocycles. The molecule has 0 amide bonds. The summed E-state index contributed by atoms with van der Waals surface area (Å²) in [5.41, 5.74) is 0.405. The van der Waals surface area contributed by atoms with Gasteiger partial charge in [0.05, 0.1) is 5.57 Å². The van der Waals surface area contributed by atoms with E-state index >= 15 is 0 Å². The number of aldehydes is 1. The Hall–Kier alpha value is -1.84. The molecule has 0 saturated carbocycles. The highest BCUT2D eigenvalue weighted by Crippen LogP contribution is 2.37. The Kier molecular flexibility index (Phi) is 3.36. The Bertz CT molecular complexity index is 510. The van der Waals surface area contributed by atoms with Crippen molar-refractivity contribution in [3.05, 3.63) is 53.1 Å². The molecule has 4 heteroatoms. The fourth-order valence-corrected chi connectivity index (χ4v) is 2.01. The lowest BCUT2D eigenvalue weighted by Gasteiger charge is -2.19. The minimum absolute atomic E-state index is 0.138. The first-order valence-corrected chi connectivity index (χ1v) is 5.54. The second kappa shape index (κ2) is 4.80. The van der Waals surface area contributed by atoms with Crippen molar-refractivity contribution in [2.75, 3.05) is 0 Å². The van der Waals surface area contributed by atoms with Gasteiger partial charge in [0.1, 0.15) is 6.29 Å². The van der Waals surface area contributed by atoms with E-state index in [2.05, 4.69) is 0 Å². The fraction of sp³-hybridized carbons (Fsp3) is 0.214. The van der Waals surface area contributed by atoms with Crippen molar-refractivity contribution in [2.45, 2.75) is 19.0 Å². The normalized spacial score (nSPS) is 16.5. The van der Waals surface area contributed by atoms with Gasteiger partial charge in [0, 0.05) is 5.57 Å². The molecule has 18 heavy (non-hydrogen) atoms. The average Bonchev–Trinajstić information content (AvgIpc) is 2.38. The number of halogens is 3. The molecule has 2 rings (SSSR count). The molecule has 1 aliphatic carbocycles. The highest BCUT2D eigenvalue weighted by atomic mass is 19.4. The zero-order chi connectivity index (χ0) is 13.2. The Morgan fingerprint density at radius 2 is 1.72 bits per heavy atom. The molecule has 1 nitrogen and oxygen atoms in total. The van der Waals surface area contributed by atoms with Gasteiger partial charge in [0.15, 0.2) is 0 Å². The molecule has 94 valence electrons. The molecule has 1 aliphatic rings. The van der Waals surface area contributed by atoms with Gasteiger partial charge in [-0.05, 0) is 30.1 Å². The van der Waals surface area contributed by atoms with Crippen LogP contribution in [0.15, 0.2) is 47.6 Å². The highest BCUT2D eigenvalue weighted by molar-refractivity contribution is 5.82. The molecule has 0 aromatic heterocycles. The Balaban J connectivity index is 2.45. The van der Waals surface area contributed by atoms with Crippen molar-refractivity contribution in [1.29, 1.82) is 0 Å². The van der Waals surface area contributed by atoms with E-state index in [0.29, 0.717) is 18.3 Å². The Morgan fingerprint density at radius 1 is 1.06 bits per heavy atom. The maximum atomic E-state index is 12.8. The van der Waals surface area contributed by atoms with Crippen LogP contribution in [0.2, 0.25) is 0 Å². The summed E-state index contributed by atoms with van der Waals surface area (Å²) in [6.07, 6.45) is -2.49. The molecule has 0 unspecified atom stereocenters. The van der Waals surface area contributed by atoms with E-state index in [9.17, 15) is 18.0 Å². The molecule has 0 atom stereocenters. The first-order chi connectivity index (χ1) is 8.52. The van der Waals surface area contributed by atoms with Crippen LogP contribution >= 0.6 is 0 Å². The zero-order valence-electron chi connectivity index (χ0n) is 9.50. The van der Waals surface area contributed by atoms with E-state index in [1.807, 2.05) is 6.07 Å². The van der Waals surface area contributed by atoms with Crippen LogP contribution in [0, 0.1) is 0 Å². The van der Waals surface area contributed by atoms with Crippen LogP contribution in [0.5, 0.6) is 0 Å². The Morgan fingerprint density at radius 3 is 2.28 bits per heavy atom. The van der Waals surface area contributed by atoms with Crippen molar-refractivity contribution in [3.8, 4) is 0 Å². The number of carbonyl (C=O) groups is 1. The second-order valence-corrected chi connectivity index (χ2v) is 4.09. The van der Waals surface area contributed by atoms with E-state index in [0.717, 1.165) is 11.6 Å². The van der Waals surface area contributed by atoms with Gasteiger partial charge in [-0.2, -0.15) is 13.2 Å². The number of hydrogen-bond donors (Lipinski definition) is 0. The molecule has 0 radical (unpaired) electrons. The van der Waals surface area contributed by atoms with E-state index in [1.165, 1.54) is 0 Å². The van der Waals surface area contributed by atoms with Crippen LogP contribution < -0.4 is 0 Å². The minimum atomic E-state index is -4.48. The quantitative estimate of drug-likeness (QED) is 0.729. The molecule has 0 spiro atoms. The third kappa shape index (κ3) is 2.53. The maximum absolute atomic E-state index is 12.8. The van der Waals surface area contributed by atoms with Crippen LogP contribution in [0.4, 0.5) is 13.2 Å². The van der Waals surface area contributed by atoms with Crippen LogP contribution in [0.1, 0.15) is 18.4 Å². The lowest BCUT2D eigenvalue weighted by molar-refractivity contribution is -0.107. The van der Waals surface area contributed by atoms with Crippen LogP contribution in [-0.2, 0) is 4.79 Å². The zero-order valence-corrected chi connectivity index (χ0v) is 9.50. The van der Waals surface area contributed by atoms with Gasteiger partial charge >= 0.3 is 6.18 Å². The highest BCUT2D eigenvalue weighted by Gasteiger charge is 2.36. The van der Waals surface area contributed by atoms with Crippen molar-refractivity contribution in [3.63, 3.8) is 0 Å². The van der Waals surface area contributed by atoms with E-state index < -0.39 is 11.7 Å². The van der Waals surface area contributed by atoms with Crippen molar-refractivity contribution in [2.24, 2.45) is 0 Å². The van der Waals surface area contributed by atoms with Crippen LogP contribution in [-0.4, -0.2) is 12.5 Å². The molecular weight excluding hydrogens is 241 g/mol. The molecule has 0 aliphatic heterocycles. The summed E-state index contributed by atoms with van der Waals surface area (Å²) >= 11 is 0. The van der Waals surface area contributed by atoms with Crippen molar-refractivity contribution < 1.29 is 18.0 Å². The summed E-state index contributed by atoms with van der Waals surface area (Å²) in [6, 6.07) is 8.91. The molecule has 1 aromatic carbocycles. The largest absolute Gasteiger partial charge is 0.416 e. The summed E-state index contributed by atoms with van der Waals surface area (Å²) in [6.45, 7) is 0. The van der Waals surface area contributed by atoms with Gasteiger partial charge in [-0.25, -0.2) is 0 Å². The molecular formula is C14H11F3O. The smallest absolute Gasteiger partial charge is 0.298 e. The van der Waals surface area contributed by atoms with Gasteiger partial charge in [0.25, 0.3) is 0 Å². The van der Waals surface area contributed by atoms with Crippen molar-refractivity contribution >= 4 is 11.9 Å². The van der Waals surface area contributed by atoms with Crippen molar-refractivity contribution in [1.82, 2.24) is 0 Å². The summed E-state index contributed by atoms with van der Waals surface area (Å²) in [5, 5.41) is 0. The van der Waals surface area contributed by atoms with E-state index in [4.69, 9.17) is 0 Å². The molecule has 0 bridgehead atoms. The lowest BCUT2D eigenvalue weighted by atomic mass is 9.89. The topological polar surface area (TPSA) is 17.1 Å². The van der Waals surface area contributed by atoms with Crippen LogP contribution in [0.3, 0.4) is 0 Å². The predicted octanol–water partition coefficient (Wildman–Crippen LogP) is 3.92. The SMILES string of the molecule is O=CC1=C(C(F)(F)F)C=C(c2ccccc2)CC1. The number of rotatable bonds is 2. The maximum Gasteiger partial charge on any atom is 0.416 e. The minimum Gasteiger partial charge on any atom is -0.298 e. The van der Waals surface area contributed by atoms with Gasteiger partial charge in [-0.1, -0.05) is 30.3 Å². The van der Waals surface area contributed by atoms with Crippen LogP contribution in [0.25, 0.3) is 5.57 Å². The first kappa shape index (κ1) is 12.6. The standard InChI is InChI=1S/C14H11F3O/c15-14(16,17)13-8-11(6-7-12(13)9-18)10-4-2-1-3-5-10/h1-5,8-9H,6-7H2. The summed E-state index contributed by atoms with van der Waals surface area (Å²) < 4.78 is 38.4. The summed E-state index contributed by atoms with van der Waals surface area (Å²) in [4.78, 5) is 10.7. The predicted molar refractivity (Wildman–Crippen MR) is 62.8 cm³/mol. The van der Waals surface area contributed by atoms with E-state index in [1.54, 1.807) is 24.3 Å². The monoisotopic (exact) mass is 252 g/mol. The second-order valence-electron chi connectivity index (χ2n) is 4.09. The third-order valence-electron chi connectivity index (χ3n) is 2.92. The van der Waals surface area contributed by atoms with Gasteiger partial charge < -0.3 is 0 Å². The molecule has 0 fully saturated rings. The number of benzene rings is 1. The number of hydrogen-bond acceptors (Lipinski definition) is 1. The summed E-state index contributed by atoms with van der Waals surface area (Å²) in [7, 11) is 0. The van der Waals surface area contributed by atoms with Gasteiger partial charge in [-0.15, -0.1) is 0 Å². The van der Waals surface area contributed by atoms with Gasteiger partial charge in [-0.3, -0.25) is 4.79 Å². The average molecular weight is 252 g/mol. The fourth-order valence-electron chi connectivity index (χ4n) is 2.01. The lowest BCUT2D eigenvalue weighted by Crippen LogP contribution is -2.16. The molecule has 0 saturated heterocycles. The first-order valence-electron chi connectivity index (χ1n) is 5.54. The van der Waals surface area contributed by atoms with Gasteiger partial charge in [0.2, 0.25) is 0 Å². The molecule has 0 N–H and O–H groups in total. The number of allylic oxidation sites excluding steroid dienone is 4. The Labute approximate surface area is 103 Å². The molecule has 1 aromatic rings. The third-order valence-corrected chi connectivity index (χ3v) is 2.92.